The monoisotopic (exact) mass is 373 g/mol. The van der Waals surface area contributed by atoms with Crippen LogP contribution >= 0.6 is 11.8 Å². The summed E-state index contributed by atoms with van der Waals surface area (Å²) < 4.78 is 0. The number of carbonyl (C=O) groups is 2. The standard InChI is InChI=1S/C19H23N3O3S/c1-5-15(14-8-6-11(2)7-9-14)21-16(24)10-26-18-17(13(4)23)12(3)20-19(25)22-18/h6-9,15H,5,10H2,1-4H3,(H,21,24)(H,20,22,25)/t15-/m1/s1. The molecule has 6 nitrogen and oxygen atoms in total. The highest BCUT2D eigenvalue weighted by molar-refractivity contribution is 8.00. The van der Waals surface area contributed by atoms with Crippen molar-refractivity contribution in [1.82, 2.24) is 15.3 Å². The summed E-state index contributed by atoms with van der Waals surface area (Å²) in [5, 5.41) is 3.28. The normalized spacial score (nSPS) is 11.8. The molecule has 138 valence electrons. The number of hydrogen-bond acceptors (Lipinski definition) is 5. The van der Waals surface area contributed by atoms with Gasteiger partial charge in [-0.05, 0) is 32.8 Å². The van der Waals surface area contributed by atoms with Gasteiger partial charge < -0.3 is 10.3 Å². The molecule has 1 amide bonds. The molecule has 1 aromatic heterocycles. The zero-order valence-electron chi connectivity index (χ0n) is 15.4. The molecule has 1 aromatic carbocycles. The van der Waals surface area contributed by atoms with Crippen LogP contribution in [0.5, 0.6) is 0 Å². The van der Waals surface area contributed by atoms with Crippen molar-refractivity contribution in [3.8, 4) is 0 Å². The highest BCUT2D eigenvalue weighted by Gasteiger charge is 2.17. The number of Topliss-reactive ketones (excluding diaryl/α,β-unsaturated/α-hetero) is 1. The number of carbonyl (C=O) groups excluding carboxylic acids is 2. The lowest BCUT2D eigenvalue weighted by Crippen LogP contribution is -2.30. The average molecular weight is 373 g/mol. The van der Waals surface area contributed by atoms with E-state index in [9.17, 15) is 14.4 Å². The van der Waals surface area contributed by atoms with Gasteiger partial charge in [0.05, 0.1) is 17.4 Å². The summed E-state index contributed by atoms with van der Waals surface area (Å²) in [5.74, 6) is -0.282. The van der Waals surface area contributed by atoms with Crippen LogP contribution in [0.25, 0.3) is 0 Å². The summed E-state index contributed by atoms with van der Waals surface area (Å²) in [5.41, 5.74) is 2.50. The number of H-pyrrole nitrogens is 1. The lowest BCUT2D eigenvalue weighted by atomic mass is 10.0. The van der Waals surface area contributed by atoms with Gasteiger partial charge in [0.2, 0.25) is 5.91 Å². The van der Waals surface area contributed by atoms with Crippen LogP contribution in [0.3, 0.4) is 0 Å². The van der Waals surface area contributed by atoms with Crippen molar-refractivity contribution >= 4 is 23.5 Å². The number of amides is 1. The van der Waals surface area contributed by atoms with E-state index >= 15 is 0 Å². The van der Waals surface area contributed by atoms with Crippen molar-refractivity contribution in [1.29, 1.82) is 0 Å². The number of thioether (sulfide) groups is 1. The Kier molecular flexibility index (Phi) is 6.74. The van der Waals surface area contributed by atoms with Crippen LogP contribution in [0.15, 0.2) is 34.1 Å². The number of aromatic nitrogens is 2. The van der Waals surface area contributed by atoms with E-state index in [2.05, 4.69) is 15.3 Å². The lowest BCUT2D eigenvalue weighted by molar-refractivity contribution is -0.119. The molecule has 0 unspecified atom stereocenters. The number of ketones is 1. The Morgan fingerprint density at radius 1 is 1.23 bits per heavy atom. The first-order valence-corrected chi connectivity index (χ1v) is 9.41. The Hall–Kier alpha value is -2.41. The van der Waals surface area contributed by atoms with Crippen molar-refractivity contribution in [2.24, 2.45) is 0 Å². The van der Waals surface area contributed by atoms with E-state index in [1.807, 2.05) is 38.1 Å². The number of hydrogen-bond donors (Lipinski definition) is 2. The third-order valence-corrected chi connectivity index (χ3v) is 4.98. The van der Waals surface area contributed by atoms with Crippen molar-refractivity contribution in [3.63, 3.8) is 0 Å². The zero-order chi connectivity index (χ0) is 19.3. The SMILES string of the molecule is CC[C@@H](NC(=O)CSc1nc(=O)[nH]c(C)c1C(C)=O)c1ccc(C)cc1. The molecule has 2 rings (SSSR count). The van der Waals surface area contributed by atoms with E-state index in [0.29, 0.717) is 11.3 Å². The molecule has 0 fully saturated rings. The van der Waals surface area contributed by atoms with E-state index in [-0.39, 0.29) is 28.5 Å². The molecule has 0 saturated heterocycles. The van der Waals surface area contributed by atoms with E-state index in [1.165, 1.54) is 6.92 Å². The molecule has 0 aliphatic carbocycles. The molecule has 0 aliphatic rings. The van der Waals surface area contributed by atoms with Crippen LogP contribution in [0.2, 0.25) is 0 Å². The van der Waals surface area contributed by atoms with Crippen LogP contribution in [0.1, 0.15) is 53.5 Å². The predicted octanol–water partition coefficient (Wildman–Crippen LogP) is 2.95. The third kappa shape index (κ3) is 5.05. The minimum Gasteiger partial charge on any atom is -0.349 e. The van der Waals surface area contributed by atoms with Gasteiger partial charge in [0.25, 0.3) is 0 Å². The van der Waals surface area contributed by atoms with Crippen molar-refractivity contribution in [2.75, 3.05) is 5.75 Å². The quantitative estimate of drug-likeness (QED) is 0.442. The van der Waals surface area contributed by atoms with Gasteiger partial charge in [-0.1, -0.05) is 48.5 Å². The number of rotatable bonds is 7. The summed E-state index contributed by atoms with van der Waals surface area (Å²) in [6, 6.07) is 7.96. The van der Waals surface area contributed by atoms with Crippen molar-refractivity contribution < 1.29 is 9.59 Å². The molecule has 1 heterocycles. The zero-order valence-corrected chi connectivity index (χ0v) is 16.2. The van der Waals surface area contributed by atoms with E-state index in [1.54, 1.807) is 6.92 Å². The highest BCUT2D eigenvalue weighted by atomic mass is 32.2. The van der Waals surface area contributed by atoms with E-state index < -0.39 is 5.69 Å². The fourth-order valence-electron chi connectivity index (χ4n) is 2.67. The van der Waals surface area contributed by atoms with Gasteiger partial charge in [0.15, 0.2) is 5.78 Å². The van der Waals surface area contributed by atoms with Gasteiger partial charge >= 0.3 is 5.69 Å². The molecule has 0 saturated carbocycles. The summed E-state index contributed by atoms with van der Waals surface area (Å²) in [6.45, 7) is 7.09. The molecule has 0 radical (unpaired) electrons. The number of nitrogens with one attached hydrogen (secondary N) is 2. The van der Waals surface area contributed by atoms with Gasteiger partial charge in [-0.3, -0.25) is 9.59 Å². The minimum atomic E-state index is -0.526. The first kappa shape index (κ1) is 19.9. The summed E-state index contributed by atoms with van der Waals surface area (Å²) in [4.78, 5) is 42.1. The molecule has 7 heteroatoms. The molecular weight excluding hydrogens is 350 g/mol. The first-order valence-electron chi connectivity index (χ1n) is 8.42. The summed E-state index contributed by atoms with van der Waals surface area (Å²) >= 11 is 1.10. The van der Waals surface area contributed by atoms with Crippen molar-refractivity contribution in [3.05, 3.63) is 57.1 Å². The van der Waals surface area contributed by atoms with Crippen LogP contribution in [0.4, 0.5) is 0 Å². The third-order valence-electron chi connectivity index (χ3n) is 4.00. The fourth-order valence-corrected chi connectivity index (χ4v) is 3.61. The largest absolute Gasteiger partial charge is 0.349 e. The Morgan fingerprint density at radius 3 is 2.46 bits per heavy atom. The maximum absolute atomic E-state index is 12.3. The molecule has 0 bridgehead atoms. The molecule has 2 N–H and O–H groups in total. The van der Waals surface area contributed by atoms with Crippen LogP contribution in [0, 0.1) is 13.8 Å². The minimum absolute atomic E-state index is 0.0788. The predicted molar refractivity (Wildman–Crippen MR) is 103 cm³/mol. The average Bonchev–Trinajstić information content (AvgIpc) is 2.57. The number of benzene rings is 1. The summed E-state index contributed by atoms with van der Waals surface area (Å²) in [7, 11) is 0. The maximum atomic E-state index is 12.3. The molecule has 0 aliphatic heterocycles. The molecular formula is C19H23N3O3S. The van der Waals surface area contributed by atoms with E-state index in [4.69, 9.17) is 0 Å². The van der Waals surface area contributed by atoms with Gasteiger partial charge in [0, 0.05) is 5.69 Å². The number of nitrogens with zero attached hydrogens (tertiary/aromatic N) is 1. The van der Waals surface area contributed by atoms with Crippen LogP contribution in [-0.2, 0) is 4.79 Å². The van der Waals surface area contributed by atoms with Gasteiger partial charge in [-0.25, -0.2) is 4.79 Å². The lowest BCUT2D eigenvalue weighted by Gasteiger charge is -2.17. The van der Waals surface area contributed by atoms with Gasteiger partial charge in [0.1, 0.15) is 5.03 Å². The second kappa shape index (κ2) is 8.80. The second-order valence-corrected chi connectivity index (χ2v) is 7.10. The highest BCUT2D eigenvalue weighted by Crippen LogP contribution is 2.22. The number of aromatic amines is 1. The number of aryl methyl sites for hydroxylation is 2. The fraction of sp³-hybridized carbons (Fsp3) is 0.368. The summed E-state index contributed by atoms with van der Waals surface area (Å²) in [6.07, 6.45) is 0.764. The molecule has 0 spiro atoms. The van der Waals surface area contributed by atoms with E-state index in [0.717, 1.165) is 29.3 Å². The van der Waals surface area contributed by atoms with Crippen LogP contribution in [-0.4, -0.2) is 27.4 Å². The van der Waals surface area contributed by atoms with Crippen LogP contribution < -0.4 is 11.0 Å². The van der Waals surface area contributed by atoms with Gasteiger partial charge in [-0.2, -0.15) is 4.98 Å². The Bertz CT molecular complexity index is 859. The smallest absolute Gasteiger partial charge is 0.346 e. The van der Waals surface area contributed by atoms with Crippen molar-refractivity contribution in [2.45, 2.75) is 45.2 Å². The Morgan fingerprint density at radius 2 is 1.88 bits per heavy atom. The van der Waals surface area contributed by atoms with Gasteiger partial charge in [-0.15, -0.1) is 0 Å². The Labute approximate surface area is 156 Å². The molecule has 1 atom stereocenters. The second-order valence-electron chi connectivity index (χ2n) is 6.13. The first-order chi connectivity index (χ1) is 12.3. The topological polar surface area (TPSA) is 91.9 Å². The maximum Gasteiger partial charge on any atom is 0.346 e. The Balaban J connectivity index is 2.08. The molecule has 26 heavy (non-hydrogen) atoms. The molecule has 2 aromatic rings.